The number of hydrogen-bond acceptors (Lipinski definition) is 3. The fraction of sp³-hybridized carbons (Fsp3) is 0.857. The maximum Gasteiger partial charge on any atom is 0.408 e. The zero-order valence-corrected chi connectivity index (χ0v) is 12.6. The first-order chi connectivity index (χ1) is 8.59. The third-order valence-corrected chi connectivity index (χ3v) is 3.02. The van der Waals surface area contributed by atoms with Crippen LogP contribution in [0.4, 0.5) is 4.79 Å². The van der Waals surface area contributed by atoms with E-state index >= 15 is 0 Å². The summed E-state index contributed by atoms with van der Waals surface area (Å²) in [6.07, 6.45) is 2.63. The highest BCUT2D eigenvalue weighted by molar-refractivity contribution is 5.79. The molecule has 0 aromatic heterocycles. The molecule has 1 aliphatic rings. The van der Waals surface area contributed by atoms with Gasteiger partial charge >= 0.3 is 6.09 Å². The van der Waals surface area contributed by atoms with Gasteiger partial charge in [-0.25, -0.2) is 4.79 Å². The molecule has 5 heteroatoms. The number of amides is 2. The normalized spacial score (nSPS) is 16.5. The Hall–Kier alpha value is -1.26. The summed E-state index contributed by atoms with van der Waals surface area (Å²) in [5.74, 6) is 0.252. The average Bonchev–Trinajstić information content (AvgIpc) is 2.07. The van der Waals surface area contributed by atoms with E-state index in [0.717, 1.165) is 19.3 Å². The van der Waals surface area contributed by atoms with Gasteiger partial charge in [0.25, 0.3) is 0 Å². The lowest BCUT2D eigenvalue weighted by molar-refractivity contribution is -0.127. The van der Waals surface area contributed by atoms with E-state index in [1.807, 2.05) is 34.6 Å². The van der Waals surface area contributed by atoms with Crippen molar-refractivity contribution in [2.24, 2.45) is 5.92 Å². The molecule has 0 bridgehead atoms. The monoisotopic (exact) mass is 270 g/mol. The van der Waals surface area contributed by atoms with Crippen LogP contribution in [0.5, 0.6) is 0 Å². The zero-order chi connectivity index (χ0) is 14.7. The maximum absolute atomic E-state index is 11.7. The summed E-state index contributed by atoms with van der Waals surface area (Å²) in [6.45, 7) is 9.57. The van der Waals surface area contributed by atoms with E-state index in [-0.39, 0.29) is 11.8 Å². The maximum atomic E-state index is 11.7. The molecule has 1 rings (SSSR count). The smallest absolute Gasteiger partial charge is 0.408 e. The highest BCUT2D eigenvalue weighted by atomic mass is 16.6. The lowest BCUT2D eigenvalue weighted by Crippen LogP contribution is -2.53. The van der Waals surface area contributed by atoms with E-state index in [0.29, 0.717) is 6.54 Å². The van der Waals surface area contributed by atoms with Crippen LogP contribution in [0.3, 0.4) is 0 Å². The second kappa shape index (κ2) is 5.80. The minimum atomic E-state index is -0.526. The van der Waals surface area contributed by atoms with Gasteiger partial charge in [-0.3, -0.25) is 4.79 Å². The Morgan fingerprint density at radius 2 is 1.74 bits per heavy atom. The first-order valence-corrected chi connectivity index (χ1v) is 6.88. The number of ether oxygens (including phenoxy) is 1. The van der Waals surface area contributed by atoms with Crippen molar-refractivity contribution in [2.45, 2.75) is 65.0 Å². The summed E-state index contributed by atoms with van der Waals surface area (Å²) >= 11 is 0. The molecular weight excluding hydrogens is 244 g/mol. The molecule has 2 amide bonds. The van der Waals surface area contributed by atoms with Crippen LogP contribution in [0.25, 0.3) is 0 Å². The van der Waals surface area contributed by atoms with Gasteiger partial charge in [-0.05, 0) is 47.5 Å². The summed E-state index contributed by atoms with van der Waals surface area (Å²) in [5.41, 5.74) is -1.04. The number of hydrogen-bond donors (Lipinski definition) is 2. The molecule has 0 aliphatic heterocycles. The van der Waals surface area contributed by atoms with Crippen molar-refractivity contribution in [1.29, 1.82) is 0 Å². The molecular formula is C14H26N2O3. The molecule has 0 spiro atoms. The van der Waals surface area contributed by atoms with Crippen LogP contribution in [-0.2, 0) is 9.53 Å². The topological polar surface area (TPSA) is 67.4 Å². The van der Waals surface area contributed by atoms with Crippen LogP contribution in [-0.4, -0.2) is 29.7 Å². The molecule has 1 saturated carbocycles. The standard InChI is InChI=1S/C14H26N2O3/c1-13(2,3)19-12(18)16-14(4,5)9-15-11(17)10-7-6-8-10/h10H,6-9H2,1-5H3,(H,15,17)(H,16,18). The molecule has 19 heavy (non-hydrogen) atoms. The summed E-state index contributed by atoms with van der Waals surface area (Å²) in [5, 5.41) is 5.65. The van der Waals surface area contributed by atoms with Gasteiger partial charge in [0, 0.05) is 12.5 Å². The molecule has 0 atom stereocenters. The van der Waals surface area contributed by atoms with E-state index in [1.54, 1.807) is 0 Å². The SMILES string of the molecule is CC(C)(CNC(=O)C1CCC1)NC(=O)OC(C)(C)C. The van der Waals surface area contributed by atoms with Crippen LogP contribution < -0.4 is 10.6 Å². The Morgan fingerprint density at radius 3 is 2.16 bits per heavy atom. The molecule has 0 saturated heterocycles. The van der Waals surface area contributed by atoms with Crippen molar-refractivity contribution in [3.8, 4) is 0 Å². The van der Waals surface area contributed by atoms with Crippen molar-refractivity contribution < 1.29 is 14.3 Å². The lowest BCUT2D eigenvalue weighted by Gasteiger charge is -2.30. The molecule has 0 aromatic rings. The Labute approximate surface area is 115 Å². The third-order valence-electron chi connectivity index (χ3n) is 3.02. The Balaban J connectivity index is 2.34. The fourth-order valence-electron chi connectivity index (χ4n) is 1.75. The minimum Gasteiger partial charge on any atom is -0.444 e. The van der Waals surface area contributed by atoms with Gasteiger partial charge in [-0.2, -0.15) is 0 Å². The molecule has 0 aromatic carbocycles. The van der Waals surface area contributed by atoms with E-state index in [1.165, 1.54) is 0 Å². The first-order valence-electron chi connectivity index (χ1n) is 6.88. The number of carbonyl (C=O) groups excluding carboxylic acids is 2. The third kappa shape index (κ3) is 5.94. The van der Waals surface area contributed by atoms with Crippen molar-refractivity contribution >= 4 is 12.0 Å². The van der Waals surface area contributed by atoms with Gasteiger partial charge in [0.05, 0.1) is 5.54 Å². The Kier molecular flexibility index (Phi) is 4.82. The van der Waals surface area contributed by atoms with Crippen LogP contribution in [0.1, 0.15) is 53.9 Å². The summed E-state index contributed by atoms with van der Waals surface area (Å²) < 4.78 is 5.20. The number of carbonyl (C=O) groups is 2. The predicted molar refractivity (Wildman–Crippen MR) is 73.8 cm³/mol. The molecule has 5 nitrogen and oxygen atoms in total. The molecule has 1 fully saturated rings. The highest BCUT2D eigenvalue weighted by Gasteiger charge is 2.28. The van der Waals surface area contributed by atoms with Gasteiger partial charge in [-0.1, -0.05) is 6.42 Å². The van der Waals surface area contributed by atoms with Crippen LogP contribution >= 0.6 is 0 Å². The summed E-state index contributed by atoms with van der Waals surface area (Å²) in [4.78, 5) is 23.4. The van der Waals surface area contributed by atoms with Gasteiger partial charge in [-0.15, -0.1) is 0 Å². The van der Waals surface area contributed by atoms with Crippen molar-refractivity contribution in [2.75, 3.05) is 6.54 Å². The Morgan fingerprint density at radius 1 is 1.16 bits per heavy atom. The fourth-order valence-corrected chi connectivity index (χ4v) is 1.75. The second-order valence-electron chi connectivity index (χ2n) is 6.86. The second-order valence-corrected chi connectivity index (χ2v) is 6.86. The zero-order valence-electron chi connectivity index (χ0n) is 12.6. The van der Waals surface area contributed by atoms with Crippen LogP contribution in [0.2, 0.25) is 0 Å². The van der Waals surface area contributed by atoms with Crippen molar-refractivity contribution in [1.82, 2.24) is 10.6 Å². The molecule has 0 radical (unpaired) electrons. The quantitative estimate of drug-likeness (QED) is 0.823. The van der Waals surface area contributed by atoms with Gasteiger partial charge in [0.15, 0.2) is 0 Å². The largest absolute Gasteiger partial charge is 0.444 e. The van der Waals surface area contributed by atoms with E-state index in [9.17, 15) is 9.59 Å². The first kappa shape index (κ1) is 15.8. The molecule has 0 heterocycles. The highest BCUT2D eigenvalue weighted by Crippen LogP contribution is 2.26. The lowest BCUT2D eigenvalue weighted by atomic mass is 9.84. The van der Waals surface area contributed by atoms with Crippen LogP contribution in [0.15, 0.2) is 0 Å². The van der Waals surface area contributed by atoms with Gasteiger partial charge < -0.3 is 15.4 Å². The van der Waals surface area contributed by atoms with Crippen molar-refractivity contribution in [3.05, 3.63) is 0 Å². The van der Waals surface area contributed by atoms with E-state index < -0.39 is 17.2 Å². The number of rotatable bonds is 4. The molecule has 2 N–H and O–H groups in total. The summed E-state index contributed by atoms with van der Waals surface area (Å²) in [7, 11) is 0. The van der Waals surface area contributed by atoms with Gasteiger partial charge in [0.1, 0.15) is 5.60 Å². The van der Waals surface area contributed by atoms with E-state index in [2.05, 4.69) is 10.6 Å². The average molecular weight is 270 g/mol. The molecule has 110 valence electrons. The molecule has 1 aliphatic carbocycles. The Bertz CT molecular complexity index is 341. The van der Waals surface area contributed by atoms with E-state index in [4.69, 9.17) is 4.74 Å². The van der Waals surface area contributed by atoms with Crippen molar-refractivity contribution in [3.63, 3.8) is 0 Å². The summed E-state index contributed by atoms with van der Waals surface area (Å²) in [6, 6.07) is 0. The molecule has 0 unspecified atom stereocenters. The minimum absolute atomic E-state index is 0.0883. The van der Waals surface area contributed by atoms with Crippen LogP contribution in [0, 0.1) is 5.92 Å². The van der Waals surface area contributed by atoms with Gasteiger partial charge in [0.2, 0.25) is 5.91 Å². The number of alkyl carbamates (subject to hydrolysis) is 1. The predicted octanol–water partition coefficient (Wildman–Crippen LogP) is 2.21. The number of nitrogens with one attached hydrogen (secondary N) is 2.